The molecule has 0 heterocycles. The van der Waals surface area contributed by atoms with Crippen LogP contribution in [0.2, 0.25) is 0 Å². The summed E-state index contributed by atoms with van der Waals surface area (Å²) in [6, 6.07) is 23.4. The molecule has 0 aliphatic heterocycles. The average molecular weight is 470 g/mol. The fourth-order valence-corrected chi connectivity index (χ4v) is 3.37. The van der Waals surface area contributed by atoms with Gasteiger partial charge in [0, 0.05) is 18.8 Å². The summed E-state index contributed by atoms with van der Waals surface area (Å²) in [5.41, 5.74) is 9.31. The first-order valence-electron chi connectivity index (χ1n) is 9.49. The van der Waals surface area contributed by atoms with Crippen molar-refractivity contribution < 1.29 is 14.3 Å². The summed E-state index contributed by atoms with van der Waals surface area (Å²) < 4.78 is 11.9. The van der Waals surface area contributed by atoms with E-state index < -0.39 is 0 Å². The van der Waals surface area contributed by atoms with Crippen LogP contribution >= 0.6 is 15.9 Å². The molecule has 0 atom stereocenters. The van der Waals surface area contributed by atoms with E-state index in [9.17, 15) is 4.79 Å². The van der Waals surface area contributed by atoms with Gasteiger partial charge in [0.05, 0.1) is 11.6 Å². The number of hydrogen-bond acceptors (Lipinski definition) is 5. The van der Waals surface area contributed by atoms with Crippen LogP contribution in [-0.2, 0) is 17.9 Å². The number of hydrazine groups is 1. The van der Waals surface area contributed by atoms with E-state index >= 15 is 0 Å². The molecule has 156 valence electrons. The molecule has 3 N–H and O–H groups in total. The van der Waals surface area contributed by atoms with Crippen LogP contribution in [0.1, 0.15) is 11.1 Å². The molecule has 0 aliphatic rings. The number of carbonyl (C=O) groups is 1. The first-order chi connectivity index (χ1) is 14.7. The molecule has 6 nitrogen and oxygen atoms in total. The van der Waals surface area contributed by atoms with Gasteiger partial charge in [-0.1, -0.05) is 48.5 Å². The molecule has 30 heavy (non-hydrogen) atoms. The average Bonchev–Trinajstić information content (AvgIpc) is 2.78. The van der Waals surface area contributed by atoms with Gasteiger partial charge < -0.3 is 20.2 Å². The fourth-order valence-electron chi connectivity index (χ4n) is 2.77. The molecule has 3 aromatic rings. The predicted molar refractivity (Wildman–Crippen MR) is 121 cm³/mol. The van der Waals surface area contributed by atoms with Gasteiger partial charge in [0.1, 0.15) is 0 Å². The molecule has 0 fully saturated rings. The zero-order valence-electron chi connectivity index (χ0n) is 16.7. The second-order valence-corrected chi connectivity index (χ2v) is 7.36. The Morgan fingerprint density at radius 2 is 1.63 bits per heavy atom. The highest BCUT2D eigenvalue weighted by molar-refractivity contribution is 9.10. The first kappa shape index (κ1) is 21.7. The summed E-state index contributed by atoms with van der Waals surface area (Å²) in [5, 5.41) is 2.84. The van der Waals surface area contributed by atoms with Crippen LogP contribution in [0.3, 0.4) is 0 Å². The normalized spacial score (nSPS) is 10.3. The maximum atomic E-state index is 12.1. The van der Waals surface area contributed by atoms with E-state index in [1.54, 1.807) is 7.11 Å². The second kappa shape index (κ2) is 11.2. The minimum Gasteiger partial charge on any atom is -0.493 e. The quantitative estimate of drug-likeness (QED) is 0.386. The van der Waals surface area contributed by atoms with Crippen LogP contribution in [-0.4, -0.2) is 19.6 Å². The van der Waals surface area contributed by atoms with Gasteiger partial charge in [0.25, 0.3) is 5.91 Å². The monoisotopic (exact) mass is 469 g/mol. The van der Waals surface area contributed by atoms with Crippen molar-refractivity contribution in [2.45, 2.75) is 13.1 Å². The van der Waals surface area contributed by atoms with Crippen molar-refractivity contribution >= 4 is 27.5 Å². The number of anilines is 1. The Bertz CT molecular complexity index is 953. The number of amides is 1. The molecule has 0 saturated heterocycles. The molecule has 1 amide bonds. The number of methoxy groups -OCH3 is 1. The maximum absolute atomic E-state index is 12.1. The summed E-state index contributed by atoms with van der Waals surface area (Å²) >= 11 is 3.52. The molecule has 7 heteroatoms. The van der Waals surface area contributed by atoms with E-state index in [4.69, 9.17) is 9.47 Å². The number of rotatable bonds is 10. The lowest BCUT2D eigenvalue weighted by Crippen LogP contribution is -2.28. The summed E-state index contributed by atoms with van der Waals surface area (Å²) in [6.45, 7) is 0.928. The molecule has 0 bridgehead atoms. The van der Waals surface area contributed by atoms with E-state index in [1.165, 1.54) is 0 Å². The molecular weight excluding hydrogens is 446 g/mol. The molecule has 3 aromatic carbocycles. The highest BCUT2D eigenvalue weighted by Gasteiger charge is 2.13. The van der Waals surface area contributed by atoms with Gasteiger partial charge in [0.15, 0.2) is 18.1 Å². The van der Waals surface area contributed by atoms with Crippen molar-refractivity contribution in [1.29, 1.82) is 0 Å². The van der Waals surface area contributed by atoms with Gasteiger partial charge in [-0.2, -0.15) is 0 Å². The summed E-state index contributed by atoms with van der Waals surface area (Å²) in [7, 11) is 1.57. The van der Waals surface area contributed by atoms with E-state index in [1.807, 2.05) is 72.8 Å². The number of hydrogen-bond donors (Lipinski definition) is 3. The molecule has 0 saturated carbocycles. The van der Waals surface area contributed by atoms with E-state index in [-0.39, 0.29) is 12.5 Å². The third-order valence-electron chi connectivity index (χ3n) is 4.27. The van der Waals surface area contributed by atoms with Gasteiger partial charge in [-0.05, 0) is 51.3 Å². The Morgan fingerprint density at radius 3 is 2.33 bits per heavy atom. The van der Waals surface area contributed by atoms with Gasteiger partial charge in [0.2, 0.25) is 0 Å². The molecule has 0 radical (unpaired) electrons. The predicted octanol–water partition coefficient (Wildman–Crippen LogP) is 4.27. The molecule has 0 aromatic heterocycles. The minimum absolute atomic E-state index is 0.102. The molecule has 0 unspecified atom stereocenters. The third kappa shape index (κ3) is 6.50. The van der Waals surface area contributed by atoms with Crippen LogP contribution in [0.25, 0.3) is 0 Å². The number of ether oxygens (including phenoxy) is 2. The fraction of sp³-hybridized carbons (Fsp3) is 0.174. The zero-order chi connectivity index (χ0) is 21.2. The minimum atomic E-state index is -0.203. The van der Waals surface area contributed by atoms with Crippen molar-refractivity contribution in [2.24, 2.45) is 0 Å². The van der Waals surface area contributed by atoms with Crippen molar-refractivity contribution in [3.8, 4) is 11.5 Å². The van der Waals surface area contributed by atoms with Crippen LogP contribution < -0.4 is 25.6 Å². The lowest BCUT2D eigenvalue weighted by molar-refractivity contribution is -0.123. The molecule has 3 rings (SSSR count). The van der Waals surface area contributed by atoms with Crippen LogP contribution in [0.5, 0.6) is 11.5 Å². The SMILES string of the molecule is COc1cc(CNNc2ccccc2)cc(Br)c1OCC(=O)NCc1ccccc1. The third-order valence-corrected chi connectivity index (χ3v) is 4.86. The van der Waals surface area contributed by atoms with Crippen LogP contribution in [0, 0.1) is 0 Å². The summed E-state index contributed by atoms with van der Waals surface area (Å²) in [6.07, 6.45) is 0. The van der Waals surface area contributed by atoms with Crippen molar-refractivity contribution in [1.82, 2.24) is 10.7 Å². The molecule has 0 aliphatic carbocycles. The highest BCUT2D eigenvalue weighted by Crippen LogP contribution is 2.36. The van der Waals surface area contributed by atoms with Crippen LogP contribution in [0.4, 0.5) is 5.69 Å². The van der Waals surface area contributed by atoms with E-state index in [0.29, 0.717) is 29.1 Å². The van der Waals surface area contributed by atoms with Crippen molar-refractivity contribution in [2.75, 3.05) is 19.1 Å². The number of nitrogens with one attached hydrogen (secondary N) is 3. The van der Waals surface area contributed by atoms with Crippen LogP contribution in [0.15, 0.2) is 77.3 Å². The van der Waals surface area contributed by atoms with Gasteiger partial charge >= 0.3 is 0 Å². The summed E-state index contributed by atoms with van der Waals surface area (Å²) in [5.74, 6) is 0.842. The zero-order valence-corrected chi connectivity index (χ0v) is 18.2. The van der Waals surface area contributed by atoms with Gasteiger partial charge in [-0.3, -0.25) is 4.79 Å². The second-order valence-electron chi connectivity index (χ2n) is 6.50. The lowest BCUT2D eigenvalue weighted by atomic mass is 10.2. The number of halogens is 1. The molecular formula is C23H24BrN3O3. The van der Waals surface area contributed by atoms with Gasteiger partial charge in [-0.15, -0.1) is 0 Å². The van der Waals surface area contributed by atoms with E-state index in [2.05, 4.69) is 32.1 Å². The Balaban J connectivity index is 1.53. The number of carbonyl (C=O) groups excluding carboxylic acids is 1. The Labute approximate surface area is 184 Å². The first-order valence-corrected chi connectivity index (χ1v) is 10.3. The summed E-state index contributed by atoms with van der Waals surface area (Å²) in [4.78, 5) is 12.1. The topological polar surface area (TPSA) is 71.6 Å². The smallest absolute Gasteiger partial charge is 0.258 e. The van der Waals surface area contributed by atoms with Crippen molar-refractivity contribution in [3.63, 3.8) is 0 Å². The number of benzene rings is 3. The Kier molecular flexibility index (Phi) is 8.11. The van der Waals surface area contributed by atoms with Gasteiger partial charge in [-0.25, -0.2) is 5.43 Å². The maximum Gasteiger partial charge on any atom is 0.258 e. The lowest BCUT2D eigenvalue weighted by Gasteiger charge is -2.15. The largest absolute Gasteiger partial charge is 0.493 e. The Hall–Kier alpha value is -3.03. The van der Waals surface area contributed by atoms with Crippen molar-refractivity contribution in [3.05, 3.63) is 88.4 Å². The van der Waals surface area contributed by atoms with E-state index in [0.717, 1.165) is 16.8 Å². The highest BCUT2D eigenvalue weighted by atomic mass is 79.9. The number of para-hydroxylation sites is 1. The molecule has 0 spiro atoms. The standard InChI is InChI=1S/C23H24BrN3O3/c1-29-21-13-18(15-26-27-19-10-6-3-7-11-19)12-20(24)23(21)30-16-22(28)25-14-17-8-4-2-5-9-17/h2-13,26-27H,14-16H2,1H3,(H,25,28). The Morgan fingerprint density at radius 1 is 0.933 bits per heavy atom.